The number of carbonyl (C=O) groups is 3. The number of imidazole rings is 1. The summed E-state index contributed by atoms with van der Waals surface area (Å²) in [6, 6.07) is 4.62. The van der Waals surface area contributed by atoms with E-state index in [1.54, 1.807) is 12.5 Å². The topological polar surface area (TPSA) is 165 Å². The zero-order valence-corrected chi connectivity index (χ0v) is 21.3. The van der Waals surface area contributed by atoms with Gasteiger partial charge < -0.3 is 25.7 Å². The molecule has 0 unspecified atom stereocenters. The van der Waals surface area contributed by atoms with Crippen LogP contribution in [0.25, 0.3) is 5.65 Å². The van der Waals surface area contributed by atoms with E-state index >= 15 is 0 Å². The Morgan fingerprint density at radius 2 is 2.19 bits per heavy atom. The Hall–Kier alpha value is -4.11. The van der Waals surface area contributed by atoms with Gasteiger partial charge in [0.25, 0.3) is 23.3 Å². The number of β-lactam (4-membered cyclic amide) rings is 1. The Morgan fingerprint density at radius 3 is 2.86 bits per heavy atom. The second kappa shape index (κ2) is 9.74. The number of nitrogens with two attached hydrogens (primary N) is 1. The fourth-order valence-electron chi connectivity index (χ4n) is 4.31. The summed E-state index contributed by atoms with van der Waals surface area (Å²) in [4.78, 5) is 48.3. The van der Waals surface area contributed by atoms with Gasteiger partial charge in [0.2, 0.25) is 0 Å². The van der Waals surface area contributed by atoms with E-state index in [4.69, 9.17) is 15.3 Å². The van der Waals surface area contributed by atoms with Crippen molar-refractivity contribution >= 4 is 57.4 Å². The van der Waals surface area contributed by atoms with Crippen molar-refractivity contribution in [2.75, 3.05) is 25.7 Å². The highest BCUT2D eigenvalue weighted by Crippen LogP contribution is 2.40. The number of aliphatic carboxylic acids is 1. The van der Waals surface area contributed by atoms with E-state index in [0.29, 0.717) is 17.2 Å². The number of anilines is 1. The fourth-order valence-corrected chi connectivity index (χ4v) is 6.19. The number of pyridine rings is 1. The van der Waals surface area contributed by atoms with E-state index in [1.807, 2.05) is 39.6 Å². The van der Waals surface area contributed by atoms with Crippen LogP contribution in [0.1, 0.15) is 5.69 Å². The first kappa shape index (κ1) is 24.6. The molecule has 0 aromatic carbocycles. The van der Waals surface area contributed by atoms with Gasteiger partial charge in [-0.3, -0.25) is 14.5 Å². The molecular weight excluding hydrogens is 522 g/mol. The van der Waals surface area contributed by atoms with Crippen molar-refractivity contribution in [3.05, 3.63) is 52.9 Å². The summed E-state index contributed by atoms with van der Waals surface area (Å²) in [7, 11) is 2.85. The average Bonchev–Trinajstić information content (AvgIpc) is 3.51. The molecule has 192 valence electrons. The summed E-state index contributed by atoms with van der Waals surface area (Å²) in [5.74, 6) is -1.42. The van der Waals surface area contributed by atoms with Gasteiger partial charge in [-0.15, -0.1) is 23.1 Å². The maximum Gasteiger partial charge on any atom is 0.352 e. The lowest BCUT2D eigenvalue weighted by Crippen LogP contribution is -2.71. The highest BCUT2D eigenvalue weighted by atomic mass is 32.2. The van der Waals surface area contributed by atoms with Gasteiger partial charge in [0.05, 0.1) is 7.11 Å². The molecule has 0 aliphatic carbocycles. The molecule has 0 spiro atoms. The predicted molar refractivity (Wildman–Crippen MR) is 134 cm³/mol. The number of ether oxygens (including phenoxy) is 1. The molecule has 2 aliphatic heterocycles. The van der Waals surface area contributed by atoms with E-state index in [2.05, 4.69) is 15.5 Å². The Labute approximate surface area is 218 Å². The summed E-state index contributed by atoms with van der Waals surface area (Å²) >= 11 is 2.51. The first-order chi connectivity index (χ1) is 17.8. The third kappa shape index (κ3) is 4.25. The zero-order chi connectivity index (χ0) is 26.3. The number of thiazole rings is 1. The van der Waals surface area contributed by atoms with Crippen molar-refractivity contribution in [1.29, 1.82) is 0 Å². The number of thioether (sulfide) groups is 1. The van der Waals surface area contributed by atoms with Crippen molar-refractivity contribution in [2.24, 2.45) is 5.16 Å². The van der Waals surface area contributed by atoms with Gasteiger partial charge >= 0.3 is 5.97 Å². The van der Waals surface area contributed by atoms with Crippen LogP contribution in [-0.4, -0.2) is 74.3 Å². The molecule has 1 fully saturated rings. The summed E-state index contributed by atoms with van der Waals surface area (Å²) in [5, 5.41) is 17.6. The number of fused-ring (bicyclic) bond motifs is 2. The average molecular weight is 545 g/mol. The first-order valence-electron chi connectivity index (χ1n) is 10.9. The molecule has 2 amide bonds. The van der Waals surface area contributed by atoms with Crippen LogP contribution < -0.4 is 20.4 Å². The van der Waals surface area contributed by atoms with Gasteiger partial charge in [-0.05, 0) is 6.07 Å². The number of rotatable bonds is 8. The van der Waals surface area contributed by atoms with E-state index in [1.165, 1.54) is 23.8 Å². The molecule has 0 radical (unpaired) electrons. The fraction of sp³-hybridized carbons (Fsp3) is 0.273. The lowest BCUT2D eigenvalue weighted by molar-refractivity contribution is -0.662. The number of oxime groups is 1. The highest BCUT2D eigenvalue weighted by Gasteiger charge is 2.54. The Bertz CT molecular complexity index is 1480. The molecule has 13 nitrogen and oxygen atoms in total. The molecule has 2 atom stereocenters. The van der Waals surface area contributed by atoms with Gasteiger partial charge in [0, 0.05) is 28.8 Å². The van der Waals surface area contributed by atoms with Crippen LogP contribution in [0.2, 0.25) is 0 Å². The van der Waals surface area contributed by atoms with E-state index in [9.17, 15) is 19.5 Å². The Kier molecular flexibility index (Phi) is 6.47. The number of methoxy groups -OCH3 is 1. The molecule has 4 N–H and O–H groups in total. The van der Waals surface area contributed by atoms with Crippen LogP contribution in [0.3, 0.4) is 0 Å². The van der Waals surface area contributed by atoms with Gasteiger partial charge in [0.1, 0.15) is 48.9 Å². The molecule has 1 saturated heterocycles. The lowest BCUT2D eigenvalue weighted by Gasteiger charge is -2.49. The molecule has 3 aromatic rings. The third-order valence-corrected chi connectivity index (χ3v) is 7.94. The van der Waals surface area contributed by atoms with Crippen LogP contribution in [0.4, 0.5) is 5.13 Å². The highest BCUT2D eigenvalue weighted by molar-refractivity contribution is 8.00. The number of hydrogen-bond acceptors (Lipinski definition) is 10. The first-order valence-corrected chi connectivity index (χ1v) is 12.8. The maximum absolute atomic E-state index is 13.1. The molecule has 0 saturated carbocycles. The second-order valence-electron chi connectivity index (χ2n) is 8.03. The molecule has 3 aromatic heterocycles. The van der Waals surface area contributed by atoms with Crippen molar-refractivity contribution in [1.82, 2.24) is 19.6 Å². The van der Waals surface area contributed by atoms with E-state index in [-0.39, 0.29) is 28.8 Å². The lowest BCUT2D eigenvalue weighted by atomic mass is 10.0. The maximum atomic E-state index is 13.1. The monoisotopic (exact) mass is 544 g/mol. The summed E-state index contributed by atoms with van der Waals surface area (Å²) < 4.78 is 9.11. The summed E-state index contributed by atoms with van der Waals surface area (Å²) in [5.41, 5.74) is 7.04. The number of carboxylic acids is 1. The molecule has 0 bridgehead atoms. The quantitative estimate of drug-likeness (QED) is 0.154. The zero-order valence-electron chi connectivity index (χ0n) is 19.7. The SMILES string of the molecule is CO/N=C(\C(=O)N[C@@H]1C(=O)N2C(C(=O)O)=C(C[n+]3ccn4c(OC)cccc43)CS[C@@H]12)c1csc(N)n1. The minimum Gasteiger partial charge on any atom is -0.477 e. The normalized spacial score (nSPS) is 19.5. The minimum atomic E-state index is -1.21. The summed E-state index contributed by atoms with van der Waals surface area (Å²) in [6.45, 7) is 0.266. The number of carbonyl (C=O) groups excluding carboxylic acids is 2. The van der Waals surface area contributed by atoms with Crippen molar-refractivity contribution in [2.45, 2.75) is 18.0 Å². The molecule has 37 heavy (non-hydrogen) atoms. The molecular formula is C22H22N7O6S2+. The summed E-state index contributed by atoms with van der Waals surface area (Å²) in [6.07, 6.45) is 3.65. The second-order valence-corrected chi connectivity index (χ2v) is 10.0. The Balaban J connectivity index is 1.38. The number of amides is 2. The number of nitrogens with one attached hydrogen (secondary N) is 1. The molecule has 15 heteroatoms. The number of aromatic nitrogens is 3. The van der Waals surface area contributed by atoms with Gasteiger partial charge in [-0.2, -0.15) is 4.40 Å². The van der Waals surface area contributed by atoms with Crippen molar-refractivity contribution in [3.63, 3.8) is 0 Å². The predicted octanol–water partition coefficient (Wildman–Crippen LogP) is 0.0634. The van der Waals surface area contributed by atoms with E-state index < -0.39 is 29.2 Å². The third-order valence-electron chi connectivity index (χ3n) is 5.93. The van der Waals surface area contributed by atoms with Crippen molar-refractivity contribution in [3.8, 4) is 5.88 Å². The van der Waals surface area contributed by atoms with Crippen LogP contribution in [0.15, 0.2) is 52.4 Å². The number of nitrogens with zero attached hydrogens (tertiary/aromatic N) is 5. The Morgan fingerprint density at radius 1 is 1.38 bits per heavy atom. The smallest absolute Gasteiger partial charge is 0.352 e. The van der Waals surface area contributed by atoms with Crippen molar-refractivity contribution < 1.29 is 33.6 Å². The van der Waals surface area contributed by atoms with Gasteiger partial charge in [-0.1, -0.05) is 5.16 Å². The van der Waals surface area contributed by atoms with E-state index in [0.717, 1.165) is 17.0 Å². The van der Waals surface area contributed by atoms with Gasteiger partial charge in [-0.25, -0.2) is 14.3 Å². The van der Waals surface area contributed by atoms with Crippen LogP contribution in [-0.2, 0) is 25.8 Å². The minimum absolute atomic E-state index is 0.0768. The molecule has 5 rings (SSSR count). The molecule has 2 aliphatic rings. The largest absolute Gasteiger partial charge is 0.477 e. The van der Waals surface area contributed by atoms with Crippen LogP contribution in [0, 0.1) is 0 Å². The standard InChI is InChI=1S/C22H21N7O6S2/c1-34-14-5-3-4-13-27(6-7-28(13)14)8-11-9-36-20-16(19(31)29(20)17(11)21(32)33)25-18(30)15(26-35-2)12-10-37-22(23)24-12/h3-7,10,16,20H,8-9H2,1-2H3,(H3-,23,24,25,30,32,33)/p+1/b26-15-/t16-,20+/m1/s1. The number of carboxylic acid groups (broad SMARTS) is 1. The van der Waals surface area contributed by atoms with Gasteiger partial charge in [0.15, 0.2) is 10.8 Å². The molecule has 5 heterocycles. The number of nitrogen functional groups attached to an aromatic ring is 1. The number of hydrogen-bond donors (Lipinski definition) is 3. The van der Waals surface area contributed by atoms with Crippen LogP contribution >= 0.6 is 23.1 Å². The van der Waals surface area contributed by atoms with Crippen LogP contribution in [0.5, 0.6) is 5.88 Å².